The first-order valence-electron chi connectivity index (χ1n) is 13.6. The Labute approximate surface area is 226 Å². The standard InChI is InChI=1S/C34H36AsOP/c1-20-13-28-32(16-23(20)4)37(26(7)19-31(36-37)27-11-9-8-10-12-27)33-17-24(5)21(2)14-29(33)35(28)30-15-22(3)25(6)18-34(30)37/h8-18,26,31H,19H2,1-7H3/t26?,31-/m1/s1. The van der Waals surface area contributed by atoms with E-state index in [9.17, 15) is 0 Å². The molecule has 4 heterocycles. The summed E-state index contributed by atoms with van der Waals surface area (Å²) in [5, 5.41) is 4.73. The average Bonchev–Trinajstić information content (AvgIpc) is 3.18. The molecule has 0 aliphatic carbocycles. The molecule has 0 N–H and O–H groups in total. The van der Waals surface area contributed by atoms with E-state index in [0.29, 0.717) is 5.66 Å². The van der Waals surface area contributed by atoms with Crippen LogP contribution in [0.3, 0.4) is 0 Å². The van der Waals surface area contributed by atoms with Crippen molar-refractivity contribution >= 4 is 50.4 Å². The Morgan fingerprint density at radius 3 is 1.46 bits per heavy atom. The minimum absolute atomic E-state index is 0.101. The van der Waals surface area contributed by atoms with Crippen LogP contribution in [0, 0.1) is 41.5 Å². The van der Waals surface area contributed by atoms with Crippen molar-refractivity contribution in [3.05, 3.63) is 106 Å². The molecule has 4 aliphatic heterocycles. The van der Waals surface area contributed by atoms with Gasteiger partial charge < -0.3 is 0 Å². The van der Waals surface area contributed by atoms with Gasteiger partial charge in [-0.15, -0.1) is 0 Å². The van der Waals surface area contributed by atoms with E-state index in [-0.39, 0.29) is 6.10 Å². The summed E-state index contributed by atoms with van der Waals surface area (Å²) in [6.45, 7) is 13.1. The minimum atomic E-state index is -3.25. The molecule has 2 bridgehead atoms. The van der Waals surface area contributed by atoms with Crippen LogP contribution in [0.2, 0.25) is 0 Å². The summed E-state index contributed by atoms with van der Waals surface area (Å²) in [6, 6.07) is 26.4. The van der Waals surface area contributed by atoms with E-state index in [0.717, 1.165) is 6.42 Å². The van der Waals surface area contributed by atoms with Crippen LogP contribution >= 0.6 is 6.83 Å². The van der Waals surface area contributed by atoms with Gasteiger partial charge in [-0.2, -0.15) is 0 Å². The molecule has 188 valence electrons. The molecule has 1 saturated heterocycles. The van der Waals surface area contributed by atoms with Crippen LogP contribution < -0.4 is 29.0 Å². The van der Waals surface area contributed by atoms with Gasteiger partial charge in [-0.1, -0.05) is 0 Å². The van der Waals surface area contributed by atoms with E-state index >= 15 is 0 Å². The van der Waals surface area contributed by atoms with Crippen LogP contribution in [-0.4, -0.2) is 20.3 Å². The predicted molar refractivity (Wildman–Crippen MR) is 163 cm³/mol. The third kappa shape index (κ3) is 2.74. The Kier molecular flexibility index (Phi) is 4.97. The first kappa shape index (κ1) is 23.9. The topological polar surface area (TPSA) is 9.23 Å². The van der Waals surface area contributed by atoms with E-state index in [2.05, 4.69) is 115 Å². The molecule has 0 radical (unpaired) electrons. The fourth-order valence-electron chi connectivity index (χ4n) is 7.41. The van der Waals surface area contributed by atoms with E-state index in [1.807, 2.05) is 0 Å². The molecule has 0 aromatic heterocycles. The molecule has 8 rings (SSSR count). The van der Waals surface area contributed by atoms with Gasteiger partial charge in [0.05, 0.1) is 0 Å². The molecule has 37 heavy (non-hydrogen) atoms. The number of rotatable bonds is 1. The van der Waals surface area contributed by atoms with Gasteiger partial charge in [0.25, 0.3) is 0 Å². The number of aryl methyl sites for hydroxylation is 6. The average molecular weight is 567 g/mol. The molecule has 1 fully saturated rings. The van der Waals surface area contributed by atoms with Crippen molar-refractivity contribution in [1.82, 2.24) is 0 Å². The van der Waals surface area contributed by atoms with Gasteiger partial charge in [0.15, 0.2) is 0 Å². The predicted octanol–water partition coefficient (Wildman–Crippen LogP) is 4.97. The van der Waals surface area contributed by atoms with Gasteiger partial charge in [0, 0.05) is 0 Å². The Morgan fingerprint density at radius 1 is 0.622 bits per heavy atom. The summed E-state index contributed by atoms with van der Waals surface area (Å²) in [5.41, 5.74) is 10.2. The van der Waals surface area contributed by atoms with Gasteiger partial charge in [-0.05, 0) is 0 Å². The molecular weight excluding hydrogens is 530 g/mol. The van der Waals surface area contributed by atoms with Gasteiger partial charge in [0.2, 0.25) is 0 Å². The summed E-state index contributed by atoms with van der Waals surface area (Å²) in [5.74, 6) is 0. The van der Waals surface area contributed by atoms with Crippen molar-refractivity contribution < 1.29 is 4.52 Å². The van der Waals surface area contributed by atoms with Crippen molar-refractivity contribution in [2.24, 2.45) is 0 Å². The summed E-state index contributed by atoms with van der Waals surface area (Å²) < 4.78 is 12.9. The Balaban J connectivity index is 1.70. The summed E-state index contributed by atoms with van der Waals surface area (Å²) >= 11 is -1.73. The number of hydrogen-bond acceptors (Lipinski definition) is 1. The van der Waals surface area contributed by atoms with Crippen LogP contribution in [0.25, 0.3) is 0 Å². The van der Waals surface area contributed by atoms with Crippen LogP contribution in [-0.2, 0) is 4.52 Å². The molecule has 0 saturated carbocycles. The van der Waals surface area contributed by atoms with E-state index < -0.39 is 21.5 Å². The van der Waals surface area contributed by atoms with Crippen molar-refractivity contribution in [3.63, 3.8) is 0 Å². The van der Waals surface area contributed by atoms with Crippen LogP contribution in [0.4, 0.5) is 0 Å². The first-order valence-corrected chi connectivity index (χ1v) is 18.6. The fraction of sp³-hybridized carbons (Fsp3) is 0.294. The monoisotopic (exact) mass is 566 g/mol. The van der Waals surface area contributed by atoms with E-state index in [1.165, 1.54) is 38.9 Å². The van der Waals surface area contributed by atoms with Crippen LogP contribution in [0.1, 0.15) is 58.4 Å². The van der Waals surface area contributed by atoms with Crippen LogP contribution in [0.15, 0.2) is 66.7 Å². The fourth-order valence-corrected chi connectivity index (χ4v) is 25.2. The maximum atomic E-state index is 7.98. The zero-order valence-electron chi connectivity index (χ0n) is 23.0. The molecule has 4 aromatic rings. The molecular formula is C34H36AsOP. The van der Waals surface area contributed by atoms with Gasteiger partial charge in [-0.25, -0.2) is 0 Å². The zero-order chi connectivity index (χ0) is 25.9. The van der Waals surface area contributed by atoms with Crippen molar-refractivity contribution in [2.45, 2.75) is 66.6 Å². The second-order valence-corrected chi connectivity index (χ2v) is 21.0. The van der Waals surface area contributed by atoms with Crippen molar-refractivity contribution in [1.29, 1.82) is 0 Å². The Hall–Kier alpha value is -2.17. The van der Waals surface area contributed by atoms with Crippen molar-refractivity contribution in [3.8, 4) is 0 Å². The third-order valence-corrected chi connectivity index (χ3v) is 22.9. The molecule has 1 spiro atoms. The molecule has 1 nitrogen and oxygen atoms in total. The molecule has 4 aliphatic rings. The van der Waals surface area contributed by atoms with Gasteiger partial charge in [0.1, 0.15) is 0 Å². The first-order chi connectivity index (χ1) is 17.7. The van der Waals surface area contributed by atoms with Gasteiger partial charge >= 0.3 is 227 Å². The van der Waals surface area contributed by atoms with Gasteiger partial charge in [-0.3, -0.25) is 0 Å². The normalized spacial score (nSPS) is 24.7. The molecule has 1 unspecified atom stereocenters. The van der Waals surface area contributed by atoms with Crippen molar-refractivity contribution in [2.75, 3.05) is 0 Å². The quantitative estimate of drug-likeness (QED) is 0.234. The Morgan fingerprint density at radius 2 is 1.03 bits per heavy atom. The zero-order valence-corrected chi connectivity index (χ0v) is 25.8. The SMILES string of the molecule is Cc1cc2c(cc1C)P13(O[C@@H](c4ccccc4)CC1C)c1cc(C)c(C)cc1[As]2c1cc(C)c(C)cc13. The molecule has 4 aromatic carbocycles. The Bertz CT molecular complexity index is 1490. The number of benzene rings is 4. The van der Waals surface area contributed by atoms with Crippen LogP contribution in [0.5, 0.6) is 0 Å². The summed E-state index contributed by atoms with van der Waals surface area (Å²) in [4.78, 5) is 0. The third-order valence-electron chi connectivity index (χ3n) is 9.84. The van der Waals surface area contributed by atoms with E-state index in [4.69, 9.17) is 4.52 Å². The maximum absolute atomic E-state index is 7.98. The summed E-state index contributed by atoms with van der Waals surface area (Å²) in [6.07, 6.45) is 1.16. The number of hydrogen-bond donors (Lipinski definition) is 0. The molecule has 0 amide bonds. The second kappa shape index (κ2) is 7.70. The summed E-state index contributed by atoms with van der Waals surface area (Å²) in [7, 11) is 0. The molecule has 2 atom stereocenters. The molecule has 3 heteroatoms. The second-order valence-electron chi connectivity index (χ2n) is 11.8. The van der Waals surface area contributed by atoms with E-state index in [1.54, 1.807) is 29.0 Å².